The third kappa shape index (κ3) is 6.01. The van der Waals surface area contributed by atoms with Crippen LogP contribution in [0.1, 0.15) is 32.0 Å². The summed E-state index contributed by atoms with van der Waals surface area (Å²) >= 11 is 0. The molecule has 0 spiro atoms. The Kier molecular flexibility index (Phi) is 7.37. The average molecular weight is 519 g/mol. The van der Waals surface area contributed by atoms with Gasteiger partial charge in [-0.2, -0.15) is 22.0 Å². The largest absolute Gasteiger partial charge is 0.417 e. The number of anilines is 1. The molecule has 12 heteroatoms. The summed E-state index contributed by atoms with van der Waals surface area (Å²) < 4.78 is 68.4. The lowest BCUT2D eigenvalue weighted by Gasteiger charge is -2.35. The third-order valence-electron chi connectivity index (χ3n) is 5.90. The van der Waals surface area contributed by atoms with E-state index in [1.54, 1.807) is 11.0 Å². The summed E-state index contributed by atoms with van der Waals surface area (Å²) in [5.74, 6) is -4.40. The molecule has 0 saturated carbocycles. The lowest BCUT2D eigenvalue weighted by Crippen LogP contribution is -2.49. The van der Waals surface area contributed by atoms with Crippen molar-refractivity contribution < 1.29 is 31.5 Å². The Hall–Kier alpha value is -4.09. The zero-order valence-corrected chi connectivity index (χ0v) is 19.4. The maximum Gasteiger partial charge on any atom is 0.417 e. The van der Waals surface area contributed by atoms with E-state index in [1.165, 1.54) is 53.4 Å². The lowest BCUT2D eigenvalue weighted by molar-refractivity contribution is -0.138. The molecule has 0 atom stereocenters. The Bertz CT molecular complexity index is 1240. The number of nitrogens with zero attached hydrogens (tertiary/aromatic N) is 4. The second kappa shape index (κ2) is 10.5. The molecule has 2 amide bonds. The topological polar surface area (TPSA) is 78.4 Å². The molecule has 1 N–H and O–H groups in total. The van der Waals surface area contributed by atoms with E-state index in [0.717, 1.165) is 12.1 Å². The number of hydrogen-bond donors (Lipinski definition) is 1. The highest BCUT2D eigenvalue weighted by atomic mass is 19.4. The van der Waals surface area contributed by atoms with Gasteiger partial charge in [0.2, 0.25) is 0 Å². The molecule has 1 aliphatic heterocycles. The first-order chi connectivity index (χ1) is 17.6. The number of halogens is 5. The maximum absolute atomic E-state index is 14.3. The number of nitrogens with one attached hydrogen (secondary N) is 1. The van der Waals surface area contributed by atoms with Crippen molar-refractivity contribution in [2.24, 2.45) is 0 Å². The smallest absolute Gasteiger partial charge is 0.352 e. The molecular formula is C25H22F5N5O2. The first-order valence-corrected chi connectivity index (χ1v) is 11.3. The van der Waals surface area contributed by atoms with Crippen molar-refractivity contribution in [3.8, 4) is 0 Å². The molecule has 3 aromatic rings. The molecule has 7 nitrogen and oxygen atoms in total. The highest BCUT2D eigenvalue weighted by molar-refractivity contribution is 5.96. The van der Waals surface area contributed by atoms with Gasteiger partial charge >= 0.3 is 6.18 Å². The van der Waals surface area contributed by atoms with Crippen LogP contribution in [0.25, 0.3) is 0 Å². The molecule has 1 saturated heterocycles. The Morgan fingerprint density at radius 2 is 1.46 bits per heavy atom. The van der Waals surface area contributed by atoms with Gasteiger partial charge in [-0.25, -0.2) is 0 Å². The van der Waals surface area contributed by atoms with E-state index in [9.17, 15) is 31.5 Å². The Balaban J connectivity index is 1.33. The van der Waals surface area contributed by atoms with Crippen LogP contribution in [0.5, 0.6) is 0 Å². The minimum Gasteiger partial charge on any atom is -0.352 e. The number of carbonyl (C=O) groups excluding carboxylic acids is 2. The van der Waals surface area contributed by atoms with Crippen molar-refractivity contribution in [3.05, 3.63) is 89.1 Å². The summed E-state index contributed by atoms with van der Waals surface area (Å²) in [5.41, 5.74) is -1.76. The molecule has 0 bridgehead atoms. The monoisotopic (exact) mass is 519 g/mol. The van der Waals surface area contributed by atoms with Gasteiger partial charge in [0.1, 0.15) is 0 Å². The third-order valence-corrected chi connectivity index (χ3v) is 5.90. The van der Waals surface area contributed by atoms with Gasteiger partial charge < -0.3 is 15.1 Å². The van der Waals surface area contributed by atoms with Crippen LogP contribution in [-0.4, -0.2) is 59.6 Å². The van der Waals surface area contributed by atoms with E-state index in [0.29, 0.717) is 5.82 Å². The minimum atomic E-state index is -4.64. The molecular weight excluding hydrogens is 497 g/mol. The second-order valence-electron chi connectivity index (χ2n) is 8.35. The van der Waals surface area contributed by atoms with Crippen molar-refractivity contribution >= 4 is 17.6 Å². The molecule has 0 aliphatic carbocycles. The first kappa shape index (κ1) is 26.0. The fraction of sp³-hybridized carbons (Fsp3) is 0.280. The van der Waals surface area contributed by atoms with Crippen LogP contribution in [0, 0.1) is 0 Å². The molecule has 0 unspecified atom stereocenters. The van der Waals surface area contributed by atoms with E-state index in [2.05, 4.69) is 15.5 Å². The van der Waals surface area contributed by atoms with Crippen molar-refractivity contribution in [1.82, 2.24) is 20.4 Å². The van der Waals surface area contributed by atoms with E-state index in [1.807, 2.05) is 0 Å². The number of carbonyl (C=O) groups is 2. The summed E-state index contributed by atoms with van der Waals surface area (Å²) in [5, 5.41) is 9.95. The van der Waals surface area contributed by atoms with Crippen LogP contribution in [-0.2, 0) is 12.1 Å². The van der Waals surface area contributed by atoms with Gasteiger partial charge in [-0.15, -0.1) is 10.2 Å². The molecule has 194 valence electrons. The van der Waals surface area contributed by atoms with Gasteiger partial charge in [0, 0.05) is 31.7 Å². The summed E-state index contributed by atoms with van der Waals surface area (Å²) in [6.07, 6.45) is -4.64. The number of hydrogen-bond acceptors (Lipinski definition) is 5. The van der Waals surface area contributed by atoms with E-state index in [-0.39, 0.29) is 37.4 Å². The SMILES string of the molecule is O=C(NCC(F)(F)c1ccccc1)c1ccc(N2CCN(C(=O)c3ccccc3C(F)(F)F)CC2)nn1. The zero-order chi connectivity index (χ0) is 26.6. The Labute approximate surface area is 208 Å². The van der Waals surface area contributed by atoms with Gasteiger partial charge in [0.05, 0.1) is 17.7 Å². The predicted molar refractivity (Wildman–Crippen MR) is 124 cm³/mol. The number of rotatable bonds is 6. The number of piperazine rings is 1. The highest BCUT2D eigenvalue weighted by Crippen LogP contribution is 2.32. The fourth-order valence-corrected chi connectivity index (χ4v) is 3.91. The van der Waals surface area contributed by atoms with Gasteiger partial charge in [0.25, 0.3) is 17.7 Å². The van der Waals surface area contributed by atoms with Gasteiger partial charge in [-0.3, -0.25) is 9.59 Å². The van der Waals surface area contributed by atoms with Crippen LogP contribution in [0.4, 0.5) is 27.8 Å². The molecule has 1 fully saturated rings. The second-order valence-corrected chi connectivity index (χ2v) is 8.35. The standard InChI is InChI=1S/C25H22F5N5O2/c26-24(27,17-6-2-1-3-7-17)16-31-22(36)20-10-11-21(33-32-20)34-12-14-35(15-13-34)23(37)18-8-4-5-9-19(18)25(28,29)30/h1-11H,12-16H2,(H,31,36). The van der Waals surface area contributed by atoms with Crippen molar-refractivity contribution in [3.63, 3.8) is 0 Å². The van der Waals surface area contributed by atoms with E-state index in [4.69, 9.17) is 0 Å². The lowest BCUT2D eigenvalue weighted by atomic mass is 10.1. The molecule has 0 radical (unpaired) electrons. The molecule has 2 aromatic carbocycles. The van der Waals surface area contributed by atoms with Crippen molar-refractivity contribution in [1.29, 1.82) is 0 Å². The quantitative estimate of drug-likeness (QED) is 0.499. The summed E-state index contributed by atoms with van der Waals surface area (Å²) in [6, 6.07) is 14.6. The number of alkyl halides is 5. The number of benzene rings is 2. The van der Waals surface area contributed by atoms with E-state index < -0.39 is 41.6 Å². The highest BCUT2D eigenvalue weighted by Gasteiger charge is 2.36. The molecule has 1 aromatic heterocycles. The van der Waals surface area contributed by atoms with Crippen molar-refractivity contribution in [2.75, 3.05) is 37.6 Å². The minimum absolute atomic E-state index is 0.148. The summed E-state index contributed by atoms with van der Waals surface area (Å²) in [7, 11) is 0. The number of aromatic nitrogens is 2. The Morgan fingerprint density at radius 3 is 2.08 bits per heavy atom. The molecule has 37 heavy (non-hydrogen) atoms. The van der Waals surface area contributed by atoms with Crippen LogP contribution >= 0.6 is 0 Å². The Morgan fingerprint density at radius 1 is 0.811 bits per heavy atom. The normalized spacial score (nSPS) is 14.4. The average Bonchev–Trinajstić information content (AvgIpc) is 2.91. The van der Waals surface area contributed by atoms with Crippen LogP contribution in [0.2, 0.25) is 0 Å². The molecule has 1 aliphatic rings. The van der Waals surface area contributed by atoms with Crippen LogP contribution in [0.15, 0.2) is 66.7 Å². The van der Waals surface area contributed by atoms with Crippen molar-refractivity contribution in [2.45, 2.75) is 12.1 Å². The first-order valence-electron chi connectivity index (χ1n) is 11.3. The van der Waals surface area contributed by atoms with Crippen LogP contribution < -0.4 is 10.2 Å². The fourth-order valence-electron chi connectivity index (χ4n) is 3.91. The van der Waals surface area contributed by atoms with Crippen LogP contribution in [0.3, 0.4) is 0 Å². The summed E-state index contributed by atoms with van der Waals surface area (Å²) in [6.45, 7) is -0.0351. The van der Waals surface area contributed by atoms with Gasteiger partial charge in [-0.05, 0) is 24.3 Å². The van der Waals surface area contributed by atoms with Gasteiger partial charge in [0.15, 0.2) is 11.5 Å². The van der Waals surface area contributed by atoms with E-state index >= 15 is 0 Å². The predicted octanol–water partition coefficient (Wildman–Crippen LogP) is 3.98. The zero-order valence-electron chi connectivity index (χ0n) is 19.4. The molecule has 2 heterocycles. The molecule has 4 rings (SSSR count). The number of amides is 2. The van der Waals surface area contributed by atoms with Gasteiger partial charge in [-0.1, -0.05) is 42.5 Å². The maximum atomic E-state index is 14.3. The summed E-state index contributed by atoms with van der Waals surface area (Å²) in [4.78, 5) is 28.1.